The van der Waals surface area contributed by atoms with E-state index in [9.17, 15) is 19.7 Å². The number of amides is 2. The number of halogens is 2. The highest BCUT2D eigenvalue weighted by atomic mass is 35.5. The molecule has 1 aliphatic rings. The molecule has 2 heterocycles. The van der Waals surface area contributed by atoms with Crippen LogP contribution in [-0.4, -0.2) is 16.1 Å². The molecular formula is C20H10Cl2N2O5S. The van der Waals surface area contributed by atoms with Crippen LogP contribution in [0.1, 0.15) is 5.76 Å². The van der Waals surface area contributed by atoms with Crippen molar-refractivity contribution in [1.82, 2.24) is 0 Å². The molecule has 0 N–H and O–H groups in total. The number of nitro benzene ring substituents is 1. The van der Waals surface area contributed by atoms with Gasteiger partial charge in [-0.2, -0.15) is 0 Å². The third kappa shape index (κ3) is 3.72. The molecule has 4 rings (SSSR count). The number of para-hydroxylation sites is 1. The maximum atomic E-state index is 12.7. The number of benzene rings is 2. The van der Waals surface area contributed by atoms with E-state index in [0.29, 0.717) is 16.3 Å². The molecule has 1 aromatic heterocycles. The second-order valence-corrected chi connectivity index (χ2v) is 7.90. The van der Waals surface area contributed by atoms with Gasteiger partial charge in [0, 0.05) is 12.1 Å². The van der Waals surface area contributed by atoms with Crippen LogP contribution in [0.5, 0.6) is 0 Å². The molecule has 2 amide bonds. The fourth-order valence-corrected chi connectivity index (χ4v) is 3.97. The second kappa shape index (κ2) is 7.98. The van der Waals surface area contributed by atoms with E-state index < -0.39 is 16.1 Å². The van der Waals surface area contributed by atoms with Gasteiger partial charge in [0.05, 0.1) is 31.1 Å². The van der Waals surface area contributed by atoms with Crippen LogP contribution in [0.4, 0.5) is 16.2 Å². The van der Waals surface area contributed by atoms with Crippen molar-refractivity contribution in [3.63, 3.8) is 0 Å². The fraction of sp³-hybridized carbons (Fsp3) is 0. The maximum absolute atomic E-state index is 12.7. The number of carbonyl (C=O) groups is 2. The summed E-state index contributed by atoms with van der Waals surface area (Å²) in [4.78, 5) is 37.0. The zero-order valence-corrected chi connectivity index (χ0v) is 17.2. The molecule has 0 bridgehead atoms. The van der Waals surface area contributed by atoms with Crippen molar-refractivity contribution >= 4 is 63.6 Å². The van der Waals surface area contributed by atoms with Gasteiger partial charge in [0.25, 0.3) is 16.8 Å². The molecule has 10 heteroatoms. The average Bonchev–Trinajstić information content (AvgIpc) is 3.29. The van der Waals surface area contributed by atoms with Crippen LogP contribution in [0.3, 0.4) is 0 Å². The Morgan fingerprint density at radius 3 is 2.53 bits per heavy atom. The molecule has 30 heavy (non-hydrogen) atoms. The molecule has 0 unspecified atom stereocenters. The van der Waals surface area contributed by atoms with Crippen LogP contribution >= 0.6 is 35.0 Å². The first kappa shape index (κ1) is 20.2. The minimum Gasteiger partial charge on any atom is -0.456 e. The van der Waals surface area contributed by atoms with E-state index in [1.54, 1.807) is 30.3 Å². The van der Waals surface area contributed by atoms with E-state index in [-0.39, 0.29) is 27.1 Å². The van der Waals surface area contributed by atoms with Gasteiger partial charge in [0.2, 0.25) is 0 Å². The Labute approximate surface area is 184 Å². The highest BCUT2D eigenvalue weighted by molar-refractivity contribution is 8.19. The molecule has 0 atom stereocenters. The predicted molar refractivity (Wildman–Crippen MR) is 116 cm³/mol. The molecule has 150 valence electrons. The quantitative estimate of drug-likeness (QED) is 0.254. The number of imide groups is 1. The molecule has 1 aliphatic heterocycles. The molecule has 2 aromatic carbocycles. The summed E-state index contributed by atoms with van der Waals surface area (Å²) >= 11 is 12.6. The topological polar surface area (TPSA) is 93.7 Å². The Morgan fingerprint density at radius 1 is 1.03 bits per heavy atom. The molecule has 0 saturated carbocycles. The lowest BCUT2D eigenvalue weighted by atomic mass is 10.1. The number of thioether (sulfide) groups is 1. The normalized spacial score (nSPS) is 15.3. The monoisotopic (exact) mass is 460 g/mol. The third-order valence-corrected chi connectivity index (χ3v) is 5.83. The number of anilines is 1. The fourth-order valence-electron chi connectivity index (χ4n) is 2.86. The first-order valence-corrected chi connectivity index (χ1v) is 9.99. The van der Waals surface area contributed by atoms with Gasteiger partial charge >= 0.3 is 0 Å². The third-order valence-electron chi connectivity index (χ3n) is 4.22. The standard InChI is InChI=1S/C20H10Cl2N2O5S/c21-14-7-5-11(9-15(14)22)23-19(25)18(30-20(23)26)10-12-6-8-17(29-12)13-3-1-2-4-16(13)24(27)28/h1-10H/b18-10+. The van der Waals surface area contributed by atoms with E-state index in [1.165, 1.54) is 30.3 Å². The van der Waals surface area contributed by atoms with Gasteiger partial charge in [0.1, 0.15) is 11.5 Å². The summed E-state index contributed by atoms with van der Waals surface area (Å²) in [6, 6.07) is 13.8. The summed E-state index contributed by atoms with van der Waals surface area (Å²) in [5.74, 6) is 0.0204. The van der Waals surface area contributed by atoms with Gasteiger partial charge in [-0.25, -0.2) is 4.90 Å². The van der Waals surface area contributed by atoms with Gasteiger partial charge in [-0.15, -0.1) is 0 Å². The zero-order valence-electron chi connectivity index (χ0n) is 14.9. The van der Waals surface area contributed by atoms with Crippen molar-refractivity contribution in [3.8, 4) is 11.3 Å². The van der Waals surface area contributed by atoms with Crippen LogP contribution in [0.25, 0.3) is 17.4 Å². The molecular weight excluding hydrogens is 451 g/mol. The van der Waals surface area contributed by atoms with E-state index in [4.69, 9.17) is 27.6 Å². The lowest BCUT2D eigenvalue weighted by Gasteiger charge is -2.12. The molecule has 0 spiro atoms. The Kier molecular flexibility index (Phi) is 5.38. The average molecular weight is 461 g/mol. The van der Waals surface area contributed by atoms with E-state index >= 15 is 0 Å². The summed E-state index contributed by atoms with van der Waals surface area (Å²) < 4.78 is 5.67. The molecule has 0 aliphatic carbocycles. The van der Waals surface area contributed by atoms with Crippen molar-refractivity contribution < 1.29 is 18.9 Å². The van der Waals surface area contributed by atoms with Gasteiger partial charge in [0.15, 0.2) is 0 Å². The highest BCUT2D eigenvalue weighted by Gasteiger charge is 2.36. The summed E-state index contributed by atoms with van der Waals surface area (Å²) in [6.07, 6.45) is 1.42. The summed E-state index contributed by atoms with van der Waals surface area (Å²) in [6.45, 7) is 0. The van der Waals surface area contributed by atoms with E-state index in [2.05, 4.69) is 0 Å². The predicted octanol–water partition coefficient (Wildman–Crippen LogP) is 6.40. The second-order valence-electron chi connectivity index (χ2n) is 6.09. The lowest BCUT2D eigenvalue weighted by Crippen LogP contribution is -2.27. The van der Waals surface area contributed by atoms with Crippen molar-refractivity contribution in [2.24, 2.45) is 0 Å². The summed E-state index contributed by atoms with van der Waals surface area (Å²) in [5.41, 5.74) is 0.514. The minimum absolute atomic E-state index is 0.0988. The van der Waals surface area contributed by atoms with Crippen molar-refractivity contribution in [2.45, 2.75) is 0 Å². The Morgan fingerprint density at radius 2 is 1.80 bits per heavy atom. The highest BCUT2D eigenvalue weighted by Crippen LogP contribution is 2.38. The van der Waals surface area contributed by atoms with Gasteiger partial charge in [-0.3, -0.25) is 19.7 Å². The smallest absolute Gasteiger partial charge is 0.298 e. The number of nitrogens with zero attached hydrogens (tertiary/aromatic N) is 2. The number of nitro groups is 1. The number of furan rings is 1. The Hall–Kier alpha value is -3.07. The number of hydrogen-bond donors (Lipinski definition) is 0. The van der Waals surface area contributed by atoms with E-state index in [1.807, 2.05) is 0 Å². The van der Waals surface area contributed by atoms with Crippen LogP contribution in [0, 0.1) is 10.1 Å². The van der Waals surface area contributed by atoms with Crippen LogP contribution in [-0.2, 0) is 4.79 Å². The van der Waals surface area contributed by atoms with Crippen LogP contribution < -0.4 is 4.90 Å². The van der Waals surface area contributed by atoms with E-state index in [0.717, 1.165) is 16.7 Å². The Balaban J connectivity index is 1.64. The first-order valence-electron chi connectivity index (χ1n) is 8.42. The zero-order chi connectivity index (χ0) is 21.4. The van der Waals surface area contributed by atoms with Gasteiger partial charge in [-0.1, -0.05) is 35.3 Å². The summed E-state index contributed by atoms with van der Waals surface area (Å²) in [5, 5.41) is 11.3. The number of hydrogen-bond acceptors (Lipinski definition) is 6. The van der Waals surface area contributed by atoms with Gasteiger partial charge in [-0.05, 0) is 48.2 Å². The minimum atomic E-state index is -0.535. The van der Waals surface area contributed by atoms with Gasteiger partial charge < -0.3 is 4.42 Å². The van der Waals surface area contributed by atoms with Crippen molar-refractivity contribution in [3.05, 3.63) is 85.4 Å². The van der Waals surface area contributed by atoms with Crippen LogP contribution in [0.2, 0.25) is 10.0 Å². The Bertz CT molecular complexity index is 1240. The maximum Gasteiger partial charge on any atom is 0.298 e. The molecule has 1 fully saturated rings. The number of carbonyl (C=O) groups excluding carboxylic acids is 2. The molecule has 7 nitrogen and oxygen atoms in total. The van der Waals surface area contributed by atoms with Crippen molar-refractivity contribution in [1.29, 1.82) is 0 Å². The van der Waals surface area contributed by atoms with Crippen molar-refractivity contribution in [2.75, 3.05) is 4.90 Å². The molecule has 3 aromatic rings. The first-order chi connectivity index (χ1) is 14.3. The molecule has 1 saturated heterocycles. The largest absolute Gasteiger partial charge is 0.456 e. The van der Waals surface area contributed by atoms with Crippen LogP contribution in [0.15, 0.2) is 63.9 Å². The lowest BCUT2D eigenvalue weighted by molar-refractivity contribution is -0.384. The summed E-state index contributed by atoms with van der Waals surface area (Å²) in [7, 11) is 0. The molecule has 0 radical (unpaired) electrons. The SMILES string of the molecule is O=C1S/C(=C/c2ccc(-c3ccccc3[N+](=O)[O-])o2)C(=O)N1c1ccc(Cl)c(Cl)c1. The number of rotatable bonds is 4.